The molecule has 110 valence electrons. The second-order valence-electron chi connectivity index (χ2n) is 5.54. The molecule has 1 aliphatic rings. The third kappa shape index (κ3) is 2.59. The van der Waals surface area contributed by atoms with E-state index in [9.17, 15) is 18.0 Å². The number of nitrogens with zero attached hydrogens (tertiary/aromatic N) is 1. The van der Waals surface area contributed by atoms with Crippen LogP contribution in [0.15, 0.2) is 24.3 Å². The van der Waals surface area contributed by atoms with Crippen LogP contribution in [0.2, 0.25) is 0 Å². The van der Waals surface area contributed by atoms with Crippen molar-refractivity contribution in [1.29, 1.82) is 0 Å². The van der Waals surface area contributed by atoms with Gasteiger partial charge in [-0.15, -0.1) is 0 Å². The Balaban J connectivity index is 2.38. The van der Waals surface area contributed by atoms with Crippen molar-refractivity contribution in [2.75, 3.05) is 14.1 Å². The smallest absolute Gasteiger partial charge is 0.297 e. The Labute approximate surface area is 116 Å². The summed E-state index contributed by atoms with van der Waals surface area (Å²) in [6.45, 7) is 0. The van der Waals surface area contributed by atoms with Gasteiger partial charge in [0.1, 0.15) is 0 Å². The molecular weight excluding hydrogens is 267 g/mol. The average Bonchev–Trinajstić information content (AvgIpc) is 2.87. The second-order valence-corrected chi connectivity index (χ2v) is 5.54. The minimum absolute atomic E-state index is 0.149. The van der Waals surface area contributed by atoms with Crippen LogP contribution < -0.4 is 0 Å². The summed E-state index contributed by atoms with van der Waals surface area (Å²) < 4.78 is 38.2. The minimum Gasteiger partial charge on any atom is -0.297 e. The van der Waals surface area contributed by atoms with E-state index >= 15 is 0 Å². The molecule has 1 aliphatic carbocycles. The summed E-state index contributed by atoms with van der Waals surface area (Å²) in [5, 5.41) is 0. The van der Waals surface area contributed by atoms with Gasteiger partial charge in [-0.2, -0.15) is 13.2 Å². The van der Waals surface area contributed by atoms with Gasteiger partial charge in [-0.25, -0.2) is 0 Å². The zero-order valence-electron chi connectivity index (χ0n) is 11.6. The first-order valence-corrected chi connectivity index (χ1v) is 6.67. The first-order chi connectivity index (χ1) is 9.27. The van der Waals surface area contributed by atoms with Crippen LogP contribution in [-0.2, 0) is 6.18 Å². The highest BCUT2D eigenvalue weighted by Crippen LogP contribution is 2.37. The molecule has 0 atom stereocenters. The van der Waals surface area contributed by atoms with Gasteiger partial charge >= 0.3 is 6.18 Å². The van der Waals surface area contributed by atoms with Crippen molar-refractivity contribution >= 4 is 5.78 Å². The van der Waals surface area contributed by atoms with E-state index in [0.717, 1.165) is 25.0 Å². The molecule has 0 saturated heterocycles. The standard InChI is InChI=1S/C15H18F3NO/c1-19(2)14(8-3-4-9-14)13(20)11-6-5-7-12(10-11)15(16,17)18/h5-7,10H,3-4,8-9H2,1-2H3. The first-order valence-electron chi connectivity index (χ1n) is 6.67. The molecule has 0 N–H and O–H groups in total. The van der Waals surface area contributed by atoms with Gasteiger partial charge < -0.3 is 0 Å². The summed E-state index contributed by atoms with van der Waals surface area (Å²) in [7, 11) is 3.63. The highest BCUT2D eigenvalue weighted by molar-refractivity contribution is 6.03. The van der Waals surface area contributed by atoms with Gasteiger partial charge in [-0.1, -0.05) is 25.0 Å². The molecule has 1 aromatic carbocycles. The monoisotopic (exact) mass is 285 g/mol. The van der Waals surface area contributed by atoms with Crippen molar-refractivity contribution in [3.8, 4) is 0 Å². The predicted molar refractivity (Wildman–Crippen MR) is 70.7 cm³/mol. The predicted octanol–water partition coefficient (Wildman–Crippen LogP) is 3.76. The van der Waals surface area contributed by atoms with Gasteiger partial charge in [0.2, 0.25) is 0 Å². The van der Waals surface area contributed by atoms with Gasteiger partial charge in [0, 0.05) is 5.56 Å². The van der Waals surface area contributed by atoms with Gasteiger partial charge in [0.25, 0.3) is 0 Å². The number of carbonyl (C=O) groups is 1. The normalized spacial score (nSPS) is 18.5. The number of hydrogen-bond acceptors (Lipinski definition) is 2. The van der Waals surface area contributed by atoms with Crippen LogP contribution in [0, 0.1) is 0 Å². The van der Waals surface area contributed by atoms with E-state index in [1.165, 1.54) is 12.1 Å². The van der Waals surface area contributed by atoms with Crippen LogP contribution in [0.4, 0.5) is 13.2 Å². The SMILES string of the molecule is CN(C)C1(C(=O)c2cccc(C(F)(F)F)c2)CCCC1. The lowest BCUT2D eigenvalue weighted by Crippen LogP contribution is -2.48. The number of carbonyl (C=O) groups excluding carboxylic acids is 1. The maximum Gasteiger partial charge on any atom is 0.416 e. The Morgan fingerprint density at radius 3 is 2.30 bits per heavy atom. The quantitative estimate of drug-likeness (QED) is 0.788. The van der Waals surface area contributed by atoms with Crippen molar-refractivity contribution in [3.05, 3.63) is 35.4 Å². The molecule has 0 aromatic heterocycles. The highest BCUT2D eigenvalue weighted by Gasteiger charge is 2.43. The Morgan fingerprint density at radius 2 is 1.80 bits per heavy atom. The lowest BCUT2D eigenvalue weighted by atomic mass is 9.86. The molecule has 0 aliphatic heterocycles. The molecule has 20 heavy (non-hydrogen) atoms. The van der Waals surface area contributed by atoms with Crippen molar-refractivity contribution in [1.82, 2.24) is 4.90 Å². The summed E-state index contributed by atoms with van der Waals surface area (Å²) in [6, 6.07) is 4.73. The van der Waals surface area contributed by atoms with E-state index in [-0.39, 0.29) is 11.3 Å². The molecule has 1 aromatic rings. The molecule has 2 nitrogen and oxygen atoms in total. The molecule has 0 bridgehead atoms. The van der Waals surface area contributed by atoms with Crippen LogP contribution in [0.5, 0.6) is 0 Å². The Hall–Kier alpha value is -1.36. The molecule has 1 saturated carbocycles. The van der Waals surface area contributed by atoms with E-state index in [1.807, 2.05) is 19.0 Å². The number of Topliss-reactive ketones (excluding diaryl/α,β-unsaturated/α-hetero) is 1. The van der Waals surface area contributed by atoms with Gasteiger partial charge in [-0.05, 0) is 39.1 Å². The number of halogens is 3. The van der Waals surface area contributed by atoms with E-state index in [4.69, 9.17) is 0 Å². The van der Waals surface area contributed by atoms with Crippen LogP contribution in [-0.4, -0.2) is 30.3 Å². The van der Waals surface area contributed by atoms with E-state index < -0.39 is 17.3 Å². The summed E-state index contributed by atoms with van der Waals surface area (Å²) in [5.74, 6) is -0.203. The minimum atomic E-state index is -4.42. The number of benzene rings is 1. The van der Waals surface area contributed by atoms with Crippen molar-refractivity contribution in [2.24, 2.45) is 0 Å². The third-order valence-corrected chi connectivity index (χ3v) is 4.16. The van der Waals surface area contributed by atoms with E-state index in [2.05, 4.69) is 0 Å². The number of hydrogen-bond donors (Lipinski definition) is 0. The largest absolute Gasteiger partial charge is 0.416 e. The Bertz CT molecular complexity index is 502. The van der Waals surface area contributed by atoms with E-state index in [0.29, 0.717) is 12.8 Å². The fraction of sp³-hybridized carbons (Fsp3) is 0.533. The Kier molecular flexibility index (Phi) is 3.91. The van der Waals surface area contributed by atoms with Gasteiger partial charge in [0.15, 0.2) is 5.78 Å². The highest BCUT2D eigenvalue weighted by atomic mass is 19.4. The molecule has 0 spiro atoms. The zero-order valence-corrected chi connectivity index (χ0v) is 11.6. The molecule has 2 rings (SSSR count). The van der Waals surface area contributed by atoms with E-state index in [1.54, 1.807) is 0 Å². The van der Waals surface area contributed by atoms with Crippen molar-refractivity contribution < 1.29 is 18.0 Å². The van der Waals surface area contributed by atoms with Gasteiger partial charge in [0.05, 0.1) is 11.1 Å². The van der Waals surface area contributed by atoms with Crippen LogP contribution in [0.1, 0.15) is 41.6 Å². The first kappa shape index (κ1) is 15.0. The number of likely N-dealkylation sites (N-methyl/N-ethyl adjacent to an activating group) is 1. The molecule has 1 fully saturated rings. The fourth-order valence-corrected chi connectivity index (χ4v) is 2.94. The fourth-order valence-electron chi connectivity index (χ4n) is 2.94. The van der Waals surface area contributed by atoms with Gasteiger partial charge in [-0.3, -0.25) is 9.69 Å². The topological polar surface area (TPSA) is 20.3 Å². The summed E-state index contributed by atoms with van der Waals surface area (Å²) in [5.41, 5.74) is -1.27. The molecule has 0 radical (unpaired) electrons. The summed E-state index contributed by atoms with van der Waals surface area (Å²) >= 11 is 0. The number of ketones is 1. The lowest BCUT2D eigenvalue weighted by Gasteiger charge is -2.34. The number of rotatable bonds is 3. The number of alkyl halides is 3. The van der Waals surface area contributed by atoms with Crippen LogP contribution in [0.3, 0.4) is 0 Å². The molecule has 0 heterocycles. The lowest BCUT2D eigenvalue weighted by molar-refractivity contribution is -0.137. The summed E-state index contributed by atoms with van der Waals surface area (Å²) in [4.78, 5) is 14.5. The maximum atomic E-state index is 12.7. The molecule has 0 unspecified atom stereocenters. The molecular formula is C15H18F3NO. The molecule has 5 heteroatoms. The average molecular weight is 285 g/mol. The van der Waals surface area contributed by atoms with Crippen molar-refractivity contribution in [3.63, 3.8) is 0 Å². The zero-order chi connectivity index (χ0) is 15.0. The van der Waals surface area contributed by atoms with Crippen LogP contribution in [0.25, 0.3) is 0 Å². The Morgan fingerprint density at radius 1 is 1.20 bits per heavy atom. The molecule has 0 amide bonds. The second kappa shape index (κ2) is 5.20. The van der Waals surface area contributed by atoms with Crippen LogP contribution >= 0.6 is 0 Å². The summed E-state index contributed by atoms with van der Waals surface area (Å²) in [6.07, 6.45) is -1.15. The third-order valence-electron chi connectivity index (χ3n) is 4.16. The maximum absolute atomic E-state index is 12.7. The van der Waals surface area contributed by atoms with Crippen molar-refractivity contribution in [2.45, 2.75) is 37.4 Å².